The van der Waals surface area contributed by atoms with Crippen molar-refractivity contribution in [3.63, 3.8) is 0 Å². The van der Waals surface area contributed by atoms with Gasteiger partial charge >= 0.3 is 0 Å². The standard InChI is InChI=1S/C10H13BBr2/c11-8-1-7-2-9(12,4-8)6-10(13,3-7)5-8/h7H,1-6H2. The smallest absolute Gasteiger partial charge is 0.0747 e. The quantitative estimate of drug-likeness (QED) is 0.474. The average molecular weight is 304 g/mol. The van der Waals surface area contributed by atoms with Gasteiger partial charge in [-0.1, -0.05) is 43.6 Å². The van der Waals surface area contributed by atoms with Gasteiger partial charge in [0, 0.05) is 8.65 Å². The normalized spacial score (nSPS) is 64.3. The van der Waals surface area contributed by atoms with Crippen LogP contribution < -0.4 is 0 Å². The molecule has 4 fully saturated rings. The maximum Gasteiger partial charge on any atom is 0.0747 e. The van der Waals surface area contributed by atoms with Crippen molar-refractivity contribution >= 4 is 39.7 Å². The van der Waals surface area contributed by atoms with Crippen LogP contribution in [-0.2, 0) is 0 Å². The first-order valence-electron chi connectivity index (χ1n) is 5.07. The molecule has 0 spiro atoms. The molecular formula is C10H13BBr2. The molecule has 70 valence electrons. The maximum atomic E-state index is 6.43. The largest absolute Gasteiger partial charge is 0.0853 e. The van der Waals surface area contributed by atoms with E-state index in [1.54, 1.807) is 0 Å². The molecular weight excluding hydrogens is 291 g/mol. The van der Waals surface area contributed by atoms with Gasteiger partial charge in [-0.05, 0) is 38.0 Å². The molecule has 4 bridgehead atoms. The van der Waals surface area contributed by atoms with E-state index in [1.165, 1.54) is 38.5 Å². The number of hydrogen-bond acceptors (Lipinski definition) is 0. The third kappa shape index (κ3) is 1.37. The van der Waals surface area contributed by atoms with E-state index < -0.39 is 0 Å². The van der Waals surface area contributed by atoms with E-state index in [-0.39, 0.29) is 5.31 Å². The molecule has 4 rings (SSSR count). The SMILES string of the molecule is [B]C12CC3CC(Br)(C1)CC(Br)(C3)C2. The zero-order chi connectivity index (χ0) is 9.32. The van der Waals surface area contributed by atoms with Crippen molar-refractivity contribution in [1.82, 2.24) is 0 Å². The van der Waals surface area contributed by atoms with Gasteiger partial charge in [0.1, 0.15) is 0 Å². The summed E-state index contributed by atoms with van der Waals surface area (Å²) in [6, 6.07) is 0. The minimum Gasteiger partial charge on any atom is -0.0853 e. The molecule has 0 aromatic heterocycles. The molecule has 2 radical (unpaired) electrons. The average Bonchev–Trinajstić information content (AvgIpc) is 1.71. The summed E-state index contributed by atoms with van der Waals surface area (Å²) in [4.78, 5) is 0. The fourth-order valence-corrected chi connectivity index (χ4v) is 7.76. The van der Waals surface area contributed by atoms with Crippen LogP contribution in [0.4, 0.5) is 0 Å². The number of hydrogen-bond donors (Lipinski definition) is 0. The number of alkyl halides is 2. The molecule has 13 heavy (non-hydrogen) atoms. The van der Waals surface area contributed by atoms with E-state index in [1.807, 2.05) is 0 Å². The van der Waals surface area contributed by atoms with Crippen LogP contribution in [0.25, 0.3) is 0 Å². The van der Waals surface area contributed by atoms with E-state index in [2.05, 4.69) is 31.9 Å². The summed E-state index contributed by atoms with van der Waals surface area (Å²) in [5, 5.41) is 0.131. The van der Waals surface area contributed by atoms with Crippen LogP contribution in [0.2, 0.25) is 5.31 Å². The van der Waals surface area contributed by atoms with Crippen LogP contribution in [-0.4, -0.2) is 16.5 Å². The van der Waals surface area contributed by atoms with Gasteiger partial charge in [0.15, 0.2) is 0 Å². The van der Waals surface area contributed by atoms with Gasteiger partial charge in [0.25, 0.3) is 0 Å². The summed E-state index contributed by atoms with van der Waals surface area (Å²) in [5.74, 6) is 0.861. The van der Waals surface area contributed by atoms with Crippen LogP contribution in [0.15, 0.2) is 0 Å². The van der Waals surface area contributed by atoms with Gasteiger partial charge in [-0.25, -0.2) is 0 Å². The molecule has 4 saturated carbocycles. The van der Waals surface area contributed by atoms with Crippen molar-refractivity contribution in [3.8, 4) is 0 Å². The Morgan fingerprint density at radius 3 is 1.85 bits per heavy atom. The second kappa shape index (κ2) is 2.40. The molecule has 2 atom stereocenters. The van der Waals surface area contributed by atoms with Crippen LogP contribution in [0.1, 0.15) is 38.5 Å². The highest BCUT2D eigenvalue weighted by molar-refractivity contribution is 9.10. The predicted molar refractivity (Wildman–Crippen MR) is 63.0 cm³/mol. The Morgan fingerprint density at radius 1 is 0.923 bits per heavy atom. The zero-order valence-electron chi connectivity index (χ0n) is 7.65. The topological polar surface area (TPSA) is 0 Å². The van der Waals surface area contributed by atoms with Crippen LogP contribution in [0.3, 0.4) is 0 Å². The molecule has 0 heterocycles. The van der Waals surface area contributed by atoms with Gasteiger partial charge in [-0.2, -0.15) is 0 Å². The Bertz CT molecular complexity index is 215. The molecule has 0 nitrogen and oxygen atoms in total. The molecule has 4 aliphatic carbocycles. The van der Waals surface area contributed by atoms with Gasteiger partial charge in [-0.3, -0.25) is 0 Å². The van der Waals surface area contributed by atoms with E-state index in [0.29, 0.717) is 8.65 Å². The summed E-state index contributed by atoms with van der Waals surface area (Å²) in [5.41, 5.74) is 0. The van der Waals surface area contributed by atoms with Crippen molar-refractivity contribution in [2.45, 2.75) is 52.5 Å². The molecule has 0 saturated heterocycles. The Labute approximate surface area is 97.9 Å². The molecule has 3 heteroatoms. The molecule has 0 aromatic rings. The van der Waals surface area contributed by atoms with E-state index in [4.69, 9.17) is 7.85 Å². The summed E-state index contributed by atoms with van der Waals surface area (Å²) in [6.45, 7) is 0. The van der Waals surface area contributed by atoms with E-state index in [0.717, 1.165) is 5.92 Å². The first-order chi connectivity index (χ1) is 5.91. The molecule has 0 N–H and O–H groups in total. The molecule has 0 aliphatic heterocycles. The Kier molecular flexibility index (Phi) is 1.71. The predicted octanol–water partition coefficient (Wildman–Crippen LogP) is 3.58. The summed E-state index contributed by atoms with van der Waals surface area (Å²) in [6.07, 6.45) is 7.59. The first-order valence-corrected chi connectivity index (χ1v) is 6.66. The molecule has 0 amide bonds. The van der Waals surface area contributed by atoms with Gasteiger partial charge < -0.3 is 0 Å². The summed E-state index contributed by atoms with van der Waals surface area (Å²) < 4.78 is 0.731. The van der Waals surface area contributed by atoms with Crippen molar-refractivity contribution in [2.24, 2.45) is 5.92 Å². The minimum atomic E-state index is 0.131. The first kappa shape index (κ1) is 9.27. The summed E-state index contributed by atoms with van der Waals surface area (Å²) in [7, 11) is 6.43. The second-order valence-corrected chi connectivity index (χ2v) is 9.04. The Morgan fingerprint density at radius 2 is 1.46 bits per heavy atom. The summed E-state index contributed by atoms with van der Waals surface area (Å²) >= 11 is 7.84. The Hall–Kier alpha value is 1.02. The fourth-order valence-electron chi connectivity index (χ4n) is 4.28. The van der Waals surface area contributed by atoms with Crippen molar-refractivity contribution in [3.05, 3.63) is 0 Å². The third-order valence-electron chi connectivity index (χ3n) is 3.98. The van der Waals surface area contributed by atoms with Crippen LogP contribution >= 0.6 is 31.9 Å². The van der Waals surface area contributed by atoms with Crippen molar-refractivity contribution in [1.29, 1.82) is 0 Å². The maximum absolute atomic E-state index is 6.43. The molecule has 2 unspecified atom stereocenters. The highest BCUT2D eigenvalue weighted by atomic mass is 79.9. The lowest BCUT2D eigenvalue weighted by molar-refractivity contribution is 0.0751. The lowest BCUT2D eigenvalue weighted by Gasteiger charge is -2.63. The molecule has 0 aromatic carbocycles. The van der Waals surface area contributed by atoms with Crippen molar-refractivity contribution in [2.75, 3.05) is 0 Å². The van der Waals surface area contributed by atoms with Gasteiger partial charge in [0.05, 0.1) is 7.85 Å². The van der Waals surface area contributed by atoms with Crippen LogP contribution in [0, 0.1) is 5.92 Å². The third-order valence-corrected chi connectivity index (χ3v) is 5.74. The van der Waals surface area contributed by atoms with Gasteiger partial charge in [0.2, 0.25) is 0 Å². The minimum absolute atomic E-state index is 0.131. The number of rotatable bonds is 0. The van der Waals surface area contributed by atoms with Crippen LogP contribution in [0.5, 0.6) is 0 Å². The lowest BCUT2D eigenvalue weighted by Crippen LogP contribution is -2.56. The zero-order valence-corrected chi connectivity index (χ0v) is 10.8. The highest BCUT2D eigenvalue weighted by Crippen LogP contribution is 2.70. The van der Waals surface area contributed by atoms with E-state index in [9.17, 15) is 0 Å². The van der Waals surface area contributed by atoms with Gasteiger partial charge in [-0.15, -0.1) is 0 Å². The monoisotopic (exact) mass is 302 g/mol. The van der Waals surface area contributed by atoms with E-state index >= 15 is 0 Å². The Balaban J connectivity index is 2.03. The number of halogens is 2. The van der Waals surface area contributed by atoms with Crippen molar-refractivity contribution < 1.29 is 0 Å². The lowest BCUT2D eigenvalue weighted by atomic mass is 9.43. The second-order valence-electron chi connectivity index (χ2n) is 5.67. The highest BCUT2D eigenvalue weighted by Gasteiger charge is 2.59. The fraction of sp³-hybridized carbons (Fsp3) is 1.00. The molecule has 4 aliphatic rings.